The molecule has 0 aromatic heterocycles. The molecule has 0 bridgehead atoms. The van der Waals surface area contributed by atoms with Gasteiger partial charge in [0.25, 0.3) is 0 Å². The molecule has 3 rings (SSSR count). The van der Waals surface area contributed by atoms with Gasteiger partial charge in [0.2, 0.25) is 11.8 Å². The Kier molecular flexibility index (Phi) is 13.7. The summed E-state index contributed by atoms with van der Waals surface area (Å²) in [5, 5.41) is 6.01. The molecular weight excluding hydrogens is 540 g/mol. The molecule has 2 fully saturated rings. The summed E-state index contributed by atoms with van der Waals surface area (Å²) in [6, 6.07) is 9.62. The maximum atomic E-state index is 13.4. The highest BCUT2D eigenvalue weighted by Crippen LogP contribution is 2.23. The highest BCUT2D eigenvalue weighted by Gasteiger charge is 2.29. The van der Waals surface area contributed by atoms with Gasteiger partial charge in [0.1, 0.15) is 18.2 Å². The van der Waals surface area contributed by atoms with E-state index in [4.69, 9.17) is 9.47 Å². The van der Waals surface area contributed by atoms with Gasteiger partial charge >= 0.3 is 6.09 Å². The van der Waals surface area contributed by atoms with Crippen LogP contribution in [0.25, 0.3) is 0 Å². The molecule has 1 aromatic carbocycles. The Bertz CT molecular complexity index is 944. The summed E-state index contributed by atoms with van der Waals surface area (Å²) in [4.78, 5) is 42.9. The highest BCUT2D eigenvalue weighted by molar-refractivity contribution is 7.98. The smallest absolute Gasteiger partial charge is 0.411 e. The number of amides is 3. The van der Waals surface area contributed by atoms with Crippen LogP contribution in [0, 0.1) is 5.92 Å². The lowest BCUT2D eigenvalue weighted by Gasteiger charge is -2.33. The second kappa shape index (κ2) is 17.0. The molecule has 1 saturated carbocycles. The Morgan fingerprint density at radius 1 is 1.05 bits per heavy atom. The van der Waals surface area contributed by atoms with Gasteiger partial charge in [-0.2, -0.15) is 0 Å². The van der Waals surface area contributed by atoms with Crippen molar-refractivity contribution in [3.05, 3.63) is 35.9 Å². The number of carbonyl (C=O) groups is 3. The van der Waals surface area contributed by atoms with Gasteiger partial charge in [-0.25, -0.2) is 4.79 Å². The zero-order chi connectivity index (χ0) is 29.7. The van der Waals surface area contributed by atoms with Crippen molar-refractivity contribution in [1.82, 2.24) is 20.4 Å². The van der Waals surface area contributed by atoms with Gasteiger partial charge < -0.3 is 20.1 Å². The SMILES string of the molecule is CSCN(CC(=O)NC(COCC1CCCCC1)C(=O)NC1CCN(Cc2ccccc2)CC1)C(=O)OC(C)(C)C. The molecule has 0 spiro atoms. The first-order chi connectivity index (χ1) is 19.6. The quantitative estimate of drug-likeness (QED) is 0.329. The third kappa shape index (κ3) is 12.6. The van der Waals surface area contributed by atoms with E-state index in [0.717, 1.165) is 45.3 Å². The molecule has 230 valence electrons. The van der Waals surface area contributed by atoms with Crippen molar-refractivity contribution in [2.45, 2.75) is 89.9 Å². The first-order valence-corrected chi connectivity index (χ1v) is 16.4. The number of hydrogen-bond donors (Lipinski definition) is 2. The fourth-order valence-electron chi connectivity index (χ4n) is 5.33. The third-order valence-corrected chi connectivity index (χ3v) is 8.04. The fraction of sp³-hybridized carbons (Fsp3) is 0.710. The number of rotatable bonds is 13. The van der Waals surface area contributed by atoms with Crippen molar-refractivity contribution >= 4 is 29.7 Å². The van der Waals surface area contributed by atoms with Crippen LogP contribution >= 0.6 is 11.8 Å². The number of nitrogens with one attached hydrogen (secondary N) is 2. The van der Waals surface area contributed by atoms with Crippen LogP contribution in [0.2, 0.25) is 0 Å². The Balaban J connectivity index is 1.55. The lowest BCUT2D eigenvalue weighted by Crippen LogP contribution is -2.55. The van der Waals surface area contributed by atoms with Gasteiger partial charge in [-0.05, 0) is 64.2 Å². The van der Waals surface area contributed by atoms with Gasteiger partial charge in [-0.15, -0.1) is 11.8 Å². The Morgan fingerprint density at radius 2 is 1.73 bits per heavy atom. The van der Waals surface area contributed by atoms with Crippen molar-refractivity contribution in [3.8, 4) is 0 Å². The van der Waals surface area contributed by atoms with Crippen LogP contribution in [0.15, 0.2) is 30.3 Å². The predicted octanol–water partition coefficient (Wildman–Crippen LogP) is 4.41. The minimum atomic E-state index is -0.830. The largest absolute Gasteiger partial charge is 0.444 e. The summed E-state index contributed by atoms with van der Waals surface area (Å²) in [6.45, 7) is 8.57. The van der Waals surface area contributed by atoms with Crippen molar-refractivity contribution in [2.75, 3.05) is 45.0 Å². The second-order valence-electron chi connectivity index (χ2n) is 12.3. The van der Waals surface area contributed by atoms with E-state index in [1.54, 1.807) is 20.8 Å². The van der Waals surface area contributed by atoms with Gasteiger partial charge in [0.05, 0.1) is 12.5 Å². The number of thioether (sulfide) groups is 1. The second-order valence-corrected chi connectivity index (χ2v) is 13.1. The van der Waals surface area contributed by atoms with Crippen molar-refractivity contribution in [2.24, 2.45) is 5.92 Å². The van der Waals surface area contributed by atoms with Crippen LogP contribution in [0.3, 0.4) is 0 Å². The van der Waals surface area contributed by atoms with Crippen molar-refractivity contribution < 1.29 is 23.9 Å². The standard InChI is InChI=1S/C31H50N4O5S/c1-31(2,3)40-30(38)35(23-41-4)20-28(36)33-27(22-39-21-25-13-9-6-10-14-25)29(37)32-26-15-17-34(18-16-26)19-24-11-7-5-8-12-24/h5,7-8,11-12,25-27H,6,9-10,13-23H2,1-4H3,(H,32,37)(H,33,36). The van der Waals surface area contributed by atoms with Gasteiger partial charge in [-0.1, -0.05) is 49.6 Å². The number of carbonyl (C=O) groups excluding carboxylic acids is 3. The maximum absolute atomic E-state index is 13.4. The molecule has 1 aliphatic heterocycles. The highest BCUT2D eigenvalue weighted by atomic mass is 32.2. The van der Waals surface area contributed by atoms with E-state index in [1.165, 1.54) is 41.5 Å². The normalized spacial score (nSPS) is 18.0. The summed E-state index contributed by atoms with van der Waals surface area (Å²) in [7, 11) is 0. The lowest BCUT2D eigenvalue weighted by molar-refractivity contribution is -0.131. The van der Waals surface area contributed by atoms with Crippen molar-refractivity contribution in [3.63, 3.8) is 0 Å². The van der Waals surface area contributed by atoms with E-state index >= 15 is 0 Å². The number of nitrogens with zero attached hydrogens (tertiary/aromatic N) is 2. The summed E-state index contributed by atoms with van der Waals surface area (Å²) >= 11 is 1.42. The van der Waals surface area contributed by atoms with Crippen molar-refractivity contribution in [1.29, 1.82) is 0 Å². The third-order valence-electron chi connectivity index (χ3n) is 7.47. The molecule has 1 atom stereocenters. The average Bonchev–Trinajstić information content (AvgIpc) is 2.93. The molecule has 1 aliphatic carbocycles. The Hall–Kier alpha value is -2.30. The first-order valence-electron chi connectivity index (χ1n) is 15.0. The number of benzene rings is 1. The number of hydrogen-bond acceptors (Lipinski definition) is 7. The van der Waals surface area contributed by atoms with Crippen LogP contribution in [-0.2, 0) is 25.6 Å². The summed E-state index contributed by atoms with van der Waals surface area (Å²) < 4.78 is 11.5. The van der Waals surface area contributed by atoms with E-state index < -0.39 is 23.6 Å². The summed E-state index contributed by atoms with van der Waals surface area (Å²) in [5.74, 6) is 0.154. The van der Waals surface area contributed by atoms with E-state index in [0.29, 0.717) is 18.4 Å². The van der Waals surface area contributed by atoms with Crippen LogP contribution in [0.1, 0.15) is 71.3 Å². The van der Waals surface area contributed by atoms with Crippen LogP contribution in [-0.4, -0.2) is 90.4 Å². The molecule has 1 aromatic rings. The number of ether oxygens (including phenoxy) is 2. The summed E-state index contributed by atoms with van der Waals surface area (Å²) in [6.07, 6.45) is 8.99. The molecule has 2 aliphatic rings. The molecule has 1 unspecified atom stereocenters. The lowest BCUT2D eigenvalue weighted by atomic mass is 9.90. The van der Waals surface area contributed by atoms with Crippen LogP contribution in [0.5, 0.6) is 0 Å². The van der Waals surface area contributed by atoms with E-state index in [9.17, 15) is 14.4 Å². The maximum Gasteiger partial charge on any atom is 0.411 e. The Labute approximate surface area is 250 Å². The molecule has 9 nitrogen and oxygen atoms in total. The average molecular weight is 591 g/mol. The van der Waals surface area contributed by atoms with Gasteiger partial charge in [0, 0.05) is 32.3 Å². The van der Waals surface area contributed by atoms with Crippen LogP contribution < -0.4 is 10.6 Å². The predicted molar refractivity (Wildman–Crippen MR) is 164 cm³/mol. The number of likely N-dealkylation sites (tertiary alicyclic amines) is 1. The minimum absolute atomic E-state index is 0.0435. The zero-order valence-electron chi connectivity index (χ0n) is 25.4. The molecule has 1 heterocycles. The van der Waals surface area contributed by atoms with E-state index in [1.807, 2.05) is 12.3 Å². The van der Waals surface area contributed by atoms with E-state index in [2.05, 4.69) is 39.8 Å². The van der Waals surface area contributed by atoms with Gasteiger partial charge in [0.15, 0.2) is 0 Å². The molecule has 0 radical (unpaired) electrons. The molecule has 41 heavy (non-hydrogen) atoms. The summed E-state index contributed by atoms with van der Waals surface area (Å²) in [5.41, 5.74) is 0.616. The zero-order valence-corrected chi connectivity index (χ0v) is 26.2. The monoisotopic (exact) mass is 590 g/mol. The molecular formula is C31H50N4O5S. The fourth-order valence-corrected chi connectivity index (χ4v) is 5.83. The Morgan fingerprint density at radius 3 is 2.37 bits per heavy atom. The van der Waals surface area contributed by atoms with E-state index in [-0.39, 0.29) is 25.1 Å². The molecule has 10 heteroatoms. The van der Waals surface area contributed by atoms with Crippen LogP contribution in [0.4, 0.5) is 4.79 Å². The minimum Gasteiger partial charge on any atom is -0.444 e. The molecule has 3 amide bonds. The topological polar surface area (TPSA) is 100 Å². The number of piperidine rings is 1. The first kappa shape index (κ1) is 33.2. The molecule has 2 N–H and O–H groups in total. The van der Waals surface area contributed by atoms with Gasteiger partial charge in [-0.3, -0.25) is 19.4 Å². The molecule has 1 saturated heterocycles.